The first kappa shape index (κ1) is 25.7. The molecule has 0 aromatic heterocycles. The second kappa shape index (κ2) is 11.5. The molecule has 3 rings (SSSR count). The van der Waals surface area contributed by atoms with Crippen LogP contribution in [-0.2, 0) is 20.8 Å². The molecule has 184 valence electrons. The van der Waals surface area contributed by atoms with E-state index >= 15 is 0 Å². The highest BCUT2D eigenvalue weighted by Gasteiger charge is 2.42. The lowest BCUT2D eigenvalue weighted by Crippen LogP contribution is -2.54. The Hall–Kier alpha value is -3.88. The van der Waals surface area contributed by atoms with E-state index in [1.165, 1.54) is 4.90 Å². The van der Waals surface area contributed by atoms with E-state index in [9.17, 15) is 19.5 Å². The summed E-state index contributed by atoms with van der Waals surface area (Å²) in [5.41, 5.74) is 17.3. The highest BCUT2D eigenvalue weighted by Crippen LogP contribution is 2.23. The second-order valence-corrected chi connectivity index (χ2v) is 9.02. The van der Waals surface area contributed by atoms with Gasteiger partial charge in [-0.15, -0.1) is 0 Å². The normalized spacial score (nSPS) is 19.0. The van der Waals surface area contributed by atoms with Crippen molar-refractivity contribution in [2.75, 3.05) is 6.54 Å². The average Bonchev–Trinajstić information content (AvgIpc) is 3.24. The van der Waals surface area contributed by atoms with Crippen LogP contribution in [0.2, 0.25) is 0 Å². The lowest BCUT2D eigenvalue weighted by molar-refractivity contribution is -0.140. The van der Waals surface area contributed by atoms with Crippen molar-refractivity contribution in [1.82, 2.24) is 10.2 Å². The summed E-state index contributed by atoms with van der Waals surface area (Å²) < 4.78 is 0. The molecule has 4 N–H and O–H groups in total. The molecule has 10 heteroatoms. The van der Waals surface area contributed by atoms with Crippen LogP contribution < -0.4 is 11.1 Å². The summed E-state index contributed by atoms with van der Waals surface area (Å²) in [6, 6.07) is 14.4. The summed E-state index contributed by atoms with van der Waals surface area (Å²) in [6.45, 7) is 3.39. The van der Waals surface area contributed by atoms with Gasteiger partial charge in [0.15, 0.2) is 0 Å². The number of rotatable bonds is 9. The van der Waals surface area contributed by atoms with Crippen molar-refractivity contribution >= 4 is 17.7 Å². The number of amides is 3. The topological polar surface area (TPSA) is 161 Å². The van der Waals surface area contributed by atoms with Gasteiger partial charge in [0.1, 0.15) is 18.1 Å². The van der Waals surface area contributed by atoms with Gasteiger partial charge in [-0.05, 0) is 28.1 Å². The molecule has 0 radical (unpaired) electrons. The van der Waals surface area contributed by atoms with Gasteiger partial charge in [0.2, 0.25) is 17.7 Å². The number of nitrogens with zero attached hydrogens (tertiary/aromatic N) is 4. The Kier molecular flexibility index (Phi) is 8.46. The molecule has 1 unspecified atom stereocenters. The molecule has 0 saturated carbocycles. The van der Waals surface area contributed by atoms with E-state index in [0.717, 1.165) is 16.7 Å². The molecule has 1 heterocycles. The molecular formula is C25H30N6O4. The Bertz CT molecular complexity index is 1100. The Labute approximate surface area is 203 Å². The standard InChI is InChI=1S/C25H30N6O4/c1-15(2)22(29-30-27)25(35)31-14-19(32)13-21(31)24(34)28-20(23(26)33)12-16-8-10-18(11-9-16)17-6-4-3-5-7-17/h3-11,15,19-22,32H,12-14H2,1-2H3,(H2,26,33)(H,28,34)/t19-,20-,21+,22?/m1/s1. The average molecular weight is 479 g/mol. The SMILES string of the molecule is CC(C)C(N=[N+]=[N-])C(=O)N1C[C@H](O)C[C@H]1C(=O)N[C@H](Cc1ccc(-c2ccccc2)cc1)C(N)=O. The lowest BCUT2D eigenvalue weighted by Gasteiger charge is -2.28. The van der Waals surface area contributed by atoms with Crippen LogP contribution >= 0.6 is 0 Å². The fourth-order valence-electron chi connectivity index (χ4n) is 4.19. The maximum atomic E-state index is 13.1. The number of nitrogens with two attached hydrogens (primary N) is 1. The van der Waals surface area contributed by atoms with E-state index in [4.69, 9.17) is 11.3 Å². The Morgan fingerprint density at radius 3 is 2.34 bits per heavy atom. The first-order valence-corrected chi connectivity index (χ1v) is 11.5. The quantitative estimate of drug-likeness (QED) is 0.286. The van der Waals surface area contributed by atoms with Crippen LogP contribution in [-0.4, -0.2) is 58.5 Å². The maximum Gasteiger partial charge on any atom is 0.243 e. The fraction of sp³-hybridized carbons (Fsp3) is 0.400. The van der Waals surface area contributed by atoms with Crippen LogP contribution in [0.4, 0.5) is 0 Å². The van der Waals surface area contributed by atoms with Crippen LogP contribution in [0.1, 0.15) is 25.8 Å². The molecule has 1 aliphatic rings. The number of aliphatic hydroxyl groups is 1. The number of carbonyl (C=O) groups is 3. The summed E-state index contributed by atoms with van der Waals surface area (Å²) in [5.74, 6) is -2.14. The van der Waals surface area contributed by atoms with Gasteiger partial charge in [0.05, 0.1) is 6.10 Å². The molecule has 2 aromatic carbocycles. The van der Waals surface area contributed by atoms with Crippen molar-refractivity contribution in [3.8, 4) is 11.1 Å². The molecule has 2 aromatic rings. The van der Waals surface area contributed by atoms with Crippen molar-refractivity contribution in [3.05, 3.63) is 70.6 Å². The van der Waals surface area contributed by atoms with Gasteiger partial charge in [-0.25, -0.2) is 0 Å². The zero-order valence-corrected chi connectivity index (χ0v) is 19.7. The van der Waals surface area contributed by atoms with Crippen LogP contribution in [0.3, 0.4) is 0 Å². The smallest absolute Gasteiger partial charge is 0.243 e. The van der Waals surface area contributed by atoms with Gasteiger partial charge in [-0.3, -0.25) is 14.4 Å². The van der Waals surface area contributed by atoms with E-state index in [2.05, 4.69) is 15.3 Å². The van der Waals surface area contributed by atoms with E-state index in [1.807, 2.05) is 54.6 Å². The van der Waals surface area contributed by atoms with Crippen LogP contribution in [0.25, 0.3) is 21.6 Å². The Balaban J connectivity index is 1.72. The molecule has 1 aliphatic heterocycles. The Morgan fingerprint density at radius 2 is 1.77 bits per heavy atom. The first-order valence-electron chi connectivity index (χ1n) is 11.5. The molecular weight excluding hydrogens is 448 g/mol. The number of hydrogen-bond donors (Lipinski definition) is 3. The third kappa shape index (κ3) is 6.38. The number of aliphatic hydroxyl groups excluding tert-OH is 1. The van der Waals surface area contributed by atoms with Gasteiger partial charge in [-0.1, -0.05) is 73.6 Å². The number of nitrogens with one attached hydrogen (secondary N) is 1. The van der Waals surface area contributed by atoms with E-state index in [-0.39, 0.29) is 25.3 Å². The minimum absolute atomic E-state index is 0.00983. The van der Waals surface area contributed by atoms with Crippen molar-refractivity contribution in [2.45, 2.75) is 50.9 Å². The highest BCUT2D eigenvalue weighted by atomic mass is 16.3. The number of benzene rings is 2. The maximum absolute atomic E-state index is 13.1. The molecule has 0 bridgehead atoms. The second-order valence-electron chi connectivity index (χ2n) is 9.02. The summed E-state index contributed by atoms with van der Waals surface area (Å²) >= 11 is 0. The number of azide groups is 1. The van der Waals surface area contributed by atoms with Gasteiger partial charge in [0.25, 0.3) is 0 Å². The number of β-amino-alcohol motifs (C(OH)–C–C–N with tert-alkyl or cyclic N) is 1. The van der Waals surface area contributed by atoms with Crippen molar-refractivity contribution in [3.63, 3.8) is 0 Å². The van der Waals surface area contributed by atoms with Crippen LogP contribution in [0.15, 0.2) is 59.7 Å². The van der Waals surface area contributed by atoms with E-state index < -0.39 is 42.0 Å². The molecule has 10 nitrogen and oxygen atoms in total. The number of hydrogen-bond acceptors (Lipinski definition) is 5. The molecule has 1 saturated heterocycles. The minimum Gasteiger partial charge on any atom is -0.391 e. The zero-order chi connectivity index (χ0) is 25.5. The number of carbonyl (C=O) groups excluding carboxylic acids is 3. The van der Waals surface area contributed by atoms with E-state index in [0.29, 0.717) is 0 Å². The van der Waals surface area contributed by atoms with Gasteiger partial charge < -0.3 is 21.1 Å². The summed E-state index contributed by atoms with van der Waals surface area (Å²) in [7, 11) is 0. The highest BCUT2D eigenvalue weighted by molar-refractivity contribution is 5.93. The molecule has 4 atom stereocenters. The first-order chi connectivity index (χ1) is 16.7. The number of primary amides is 1. The van der Waals surface area contributed by atoms with Gasteiger partial charge >= 0.3 is 0 Å². The van der Waals surface area contributed by atoms with Crippen LogP contribution in [0.5, 0.6) is 0 Å². The number of likely N-dealkylation sites (tertiary alicyclic amines) is 1. The van der Waals surface area contributed by atoms with Crippen molar-refractivity contribution in [1.29, 1.82) is 0 Å². The molecule has 1 fully saturated rings. The van der Waals surface area contributed by atoms with Crippen LogP contribution in [0, 0.1) is 5.92 Å². The van der Waals surface area contributed by atoms with Gasteiger partial charge in [0, 0.05) is 24.3 Å². The largest absolute Gasteiger partial charge is 0.391 e. The third-order valence-electron chi connectivity index (χ3n) is 6.09. The molecule has 0 spiro atoms. The zero-order valence-electron chi connectivity index (χ0n) is 19.7. The minimum atomic E-state index is -1.00. The van der Waals surface area contributed by atoms with Crippen molar-refractivity contribution in [2.24, 2.45) is 16.8 Å². The van der Waals surface area contributed by atoms with Crippen molar-refractivity contribution < 1.29 is 19.5 Å². The molecule has 3 amide bonds. The third-order valence-corrected chi connectivity index (χ3v) is 6.09. The summed E-state index contributed by atoms with van der Waals surface area (Å²) in [4.78, 5) is 42.1. The summed E-state index contributed by atoms with van der Waals surface area (Å²) in [6.07, 6.45) is -0.728. The van der Waals surface area contributed by atoms with E-state index in [1.54, 1.807) is 13.8 Å². The Morgan fingerprint density at radius 1 is 1.14 bits per heavy atom. The lowest BCUT2D eigenvalue weighted by atomic mass is 10.00. The summed E-state index contributed by atoms with van der Waals surface area (Å²) in [5, 5.41) is 16.3. The predicted octanol–water partition coefficient (Wildman–Crippen LogP) is 2.16. The van der Waals surface area contributed by atoms with Gasteiger partial charge in [-0.2, -0.15) is 0 Å². The molecule has 35 heavy (non-hydrogen) atoms. The molecule has 0 aliphatic carbocycles. The predicted molar refractivity (Wildman–Crippen MR) is 131 cm³/mol. The monoisotopic (exact) mass is 478 g/mol. The fourth-order valence-corrected chi connectivity index (χ4v) is 4.19.